The van der Waals surface area contributed by atoms with Gasteiger partial charge in [0.25, 0.3) is 5.78 Å². The first-order valence-electron chi connectivity index (χ1n) is 7.78. The molecular weight excluding hydrogens is 334 g/mol. The van der Waals surface area contributed by atoms with Gasteiger partial charge in [-0.1, -0.05) is 43.3 Å². The fourth-order valence-electron chi connectivity index (χ4n) is 2.99. The Bertz CT molecular complexity index is 940. The SMILES string of the molecule is CCc1cccc2c(C(=O)C(F)(F)F)cn(Cc3ccccc3F)c12. The number of benzene rings is 2. The summed E-state index contributed by atoms with van der Waals surface area (Å²) in [6.45, 7) is 1.92. The van der Waals surface area contributed by atoms with Gasteiger partial charge in [0.05, 0.1) is 17.6 Å². The van der Waals surface area contributed by atoms with Gasteiger partial charge < -0.3 is 4.57 Å². The van der Waals surface area contributed by atoms with Gasteiger partial charge in [0, 0.05) is 17.1 Å². The summed E-state index contributed by atoms with van der Waals surface area (Å²) in [5, 5.41) is 0.234. The first-order valence-corrected chi connectivity index (χ1v) is 7.78. The van der Waals surface area contributed by atoms with Gasteiger partial charge in [-0.3, -0.25) is 4.79 Å². The number of hydrogen-bond acceptors (Lipinski definition) is 1. The second kappa shape index (κ2) is 6.35. The molecule has 0 aliphatic carbocycles. The van der Waals surface area contributed by atoms with Crippen LogP contribution in [0.25, 0.3) is 10.9 Å². The van der Waals surface area contributed by atoms with E-state index in [2.05, 4.69) is 0 Å². The number of hydrogen-bond donors (Lipinski definition) is 0. The Kier molecular flexibility index (Phi) is 4.37. The normalized spacial score (nSPS) is 11.9. The largest absolute Gasteiger partial charge is 0.454 e. The minimum Gasteiger partial charge on any atom is -0.342 e. The first kappa shape index (κ1) is 17.2. The number of Topliss-reactive ketones (excluding diaryl/α,β-unsaturated/α-hetero) is 1. The average molecular weight is 349 g/mol. The predicted octanol–water partition coefficient (Wildman–Crippen LogP) is 5.14. The number of para-hydroxylation sites is 1. The number of halogens is 4. The van der Waals surface area contributed by atoms with Crippen LogP contribution in [0.4, 0.5) is 17.6 Å². The molecule has 3 aromatic rings. The molecule has 0 N–H and O–H groups in total. The molecule has 0 radical (unpaired) electrons. The highest BCUT2D eigenvalue weighted by atomic mass is 19.4. The van der Waals surface area contributed by atoms with Crippen LogP contribution in [0.15, 0.2) is 48.7 Å². The number of carbonyl (C=O) groups excluding carboxylic acids is 1. The molecule has 0 bridgehead atoms. The maximum absolute atomic E-state index is 14.0. The number of ketones is 1. The number of aromatic nitrogens is 1. The maximum atomic E-state index is 14.0. The number of rotatable bonds is 4. The molecule has 0 aliphatic rings. The third kappa shape index (κ3) is 3.16. The van der Waals surface area contributed by atoms with Crippen molar-refractivity contribution in [1.82, 2.24) is 4.57 Å². The summed E-state index contributed by atoms with van der Waals surface area (Å²) in [4.78, 5) is 11.8. The Morgan fingerprint density at radius 2 is 1.72 bits per heavy atom. The zero-order valence-corrected chi connectivity index (χ0v) is 13.4. The van der Waals surface area contributed by atoms with Crippen LogP contribution in [-0.4, -0.2) is 16.5 Å². The van der Waals surface area contributed by atoms with Crippen LogP contribution in [0.2, 0.25) is 0 Å². The van der Waals surface area contributed by atoms with Crippen molar-refractivity contribution in [3.8, 4) is 0 Å². The second-order valence-corrected chi connectivity index (χ2v) is 5.76. The third-order valence-corrected chi connectivity index (χ3v) is 4.16. The number of alkyl halides is 3. The van der Waals surface area contributed by atoms with Gasteiger partial charge in [0.2, 0.25) is 0 Å². The molecule has 25 heavy (non-hydrogen) atoms. The van der Waals surface area contributed by atoms with Crippen molar-refractivity contribution in [3.63, 3.8) is 0 Å². The van der Waals surface area contributed by atoms with Crippen molar-refractivity contribution >= 4 is 16.7 Å². The van der Waals surface area contributed by atoms with Gasteiger partial charge in [-0.25, -0.2) is 4.39 Å². The Morgan fingerprint density at radius 1 is 1.04 bits per heavy atom. The zero-order chi connectivity index (χ0) is 18.2. The summed E-state index contributed by atoms with van der Waals surface area (Å²) in [5.74, 6) is -2.33. The Morgan fingerprint density at radius 3 is 2.36 bits per heavy atom. The quantitative estimate of drug-likeness (QED) is 0.472. The Labute approximate surface area is 141 Å². The number of fused-ring (bicyclic) bond motifs is 1. The lowest BCUT2D eigenvalue weighted by atomic mass is 10.0. The zero-order valence-electron chi connectivity index (χ0n) is 13.4. The van der Waals surface area contributed by atoms with E-state index in [9.17, 15) is 22.4 Å². The molecule has 6 heteroatoms. The fraction of sp³-hybridized carbons (Fsp3) is 0.211. The summed E-state index contributed by atoms with van der Waals surface area (Å²) in [6.07, 6.45) is -3.20. The molecule has 3 rings (SSSR count). The summed E-state index contributed by atoms with van der Waals surface area (Å²) in [7, 11) is 0. The minimum atomic E-state index is -4.96. The van der Waals surface area contributed by atoms with E-state index in [1.54, 1.807) is 30.3 Å². The van der Waals surface area contributed by atoms with E-state index in [4.69, 9.17) is 0 Å². The third-order valence-electron chi connectivity index (χ3n) is 4.16. The summed E-state index contributed by atoms with van der Waals surface area (Å²) >= 11 is 0. The fourth-order valence-corrected chi connectivity index (χ4v) is 2.99. The van der Waals surface area contributed by atoms with Crippen LogP contribution in [0, 0.1) is 5.82 Å². The topological polar surface area (TPSA) is 22.0 Å². The second-order valence-electron chi connectivity index (χ2n) is 5.76. The van der Waals surface area contributed by atoms with Crippen LogP contribution < -0.4 is 0 Å². The standard InChI is InChI=1S/C19H15F4NO/c1-2-12-7-5-8-14-15(18(25)19(21,22)23)11-24(17(12)14)10-13-6-3-4-9-16(13)20/h3-9,11H,2,10H2,1H3. The first-order chi connectivity index (χ1) is 11.8. The van der Waals surface area contributed by atoms with Crippen molar-refractivity contribution in [1.29, 1.82) is 0 Å². The Hall–Kier alpha value is -2.63. The molecular formula is C19H15F4NO. The molecule has 130 valence electrons. The molecule has 0 amide bonds. The van der Waals surface area contributed by atoms with Crippen molar-refractivity contribution in [2.75, 3.05) is 0 Å². The minimum absolute atomic E-state index is 0.0469. The smallest absolute Gasteiger partial charge is 0.342 e. The van der Waals surface area contributed by atoms with E-state index >= 15 is 0 Å². The van der Waals surface area contributed by atoms with Crippen LogP contribution in [0.1, 0.15) is 28.4 Å². The van der Waals surface area contributed by atoms with Gasteiger partial charge in [-0.05, 0) is 18.1 Å². The van der Waals surface area contributed by atoms with Crippen LogP contribution in [0.5, 0.6) is 0 Å². The van der Waals surface area contributed by atoms with Gasteiger partial charge in [-0.2, -0.15) is 13.2 Å². The molecule has 1 aromatic heterocycles. The lowest BCUT2D eigenvalue weighted by molar-refractivity contribution is -0.0884. The lowest BCUT2D eigenvalue weighted by Gasteiger charge is -2.09. The van der Waals surface area contributed by atoms with Crippen molar-refractivity contribution in [2.24, 2.45) is 0 Å². The van der Waals surface area contributed by atoms with Gasteiger partial charge in [-0.15, -0.1) is 0 Å². The molecule has 0 saturated heterocycles. The number of aryl methyl sites for hydroxylation is 1. The van der Waals surface area contributed by atoms with E-state index in [1.165, 1.54) is 22.9 Å². The van der Waals surface area contributed by atoms with E-state index < -0.39 is 23.3 Å². The van der Waals surface area contributed by atoms with E-state index in [0.29, 0.717) is 17.5 Å². The lowest BCUT2D eigenvalue weighted by Crippen LogP contribution is -2.22. The van der Waals surface area contributed by atoms with E-state index in [0.717, 1.165) is 5.56 Å². The summed E-state index contributed by atoms with van der Waals surface area (Å²) < 4.78 is 54.3. The van der Waals surface area contributed by atoms with Crippen molar-refractivity contribution < 1.29 is 22.4 Å². The van der Waals surface area contributed by atoms with Crippen LogP contribution >= 0.6 is 0 Å². The van der Waals surface area contributed by atoms with E-state index in [-0.39, 0.29) is 11.9 Å². The molecule has 2 aromatic carbocycles. The highest BCUT2D eigenvalue weighted by Gasteiger charge is 2.41. The maximum Gasteiger partial charge on any atom is 0.454 e. The molecule has 0 saturated carbocycles. The number of nitrogens with zero attached hydrogens (tertiary/aromatic N) is 1. The molecule has 2 nitrogen and oxygen atoms in total. The summed E-state index contributed by atoms with van der Waals surface area (Å²) in [6, 6.07) is 11.0. The monoisotopic (exact) mass is 349 g/mol. The van der Waals surface area contributed by atoms with Crippen LogP contribution in [0.3, 0.4) is 0 Å². The molecule has 0 atom stereocenters. The molecule has 0 fully saturated rings. The molecule has 0 unspecified atom stereocenters. The summed E-state index contributed by atoms with van der Waals surface area (Å²) in [5.41, 5.74) is 1.27. The predicted molar refractivity (Wildman–Crippen MR) is 87.2 cm³/mol. The average Bonchev–Trinajstić information content (AvgIpc) is 2.94. The van der Waals surface area contributed by atoms with Crippen LogP contribution in [-0.2, 0) is 13.0 Å². The highest BCUT2D eigenvalue weighted by Crippen LogP contribution is 2.31. The number of carbonyl (C=O) groups is 1. The molecule has 0 spiro atoms. The van der Waals surface area contributed by atoms with E-state index in [1.807, 2.05) is 6.92 Å². The Balaban J connectivity index is 2.21. The molecule has 1 heterocycles. The van der Waals surface area contributed by atoms with Gasteiger partial charge in [0.15, 0.2) is 0 Å². The highest BCUT2D eigenvalue weighted by molar-refractivity contribution is 6.11. The van der Waals surface area contributed by atoms with Crippen molar-refractivity contribution in [3.05, 3.63) is 71.2 Å². The van der Waals surface area contributed by atoms with Gasteiger partial charge >= 0.3 is 6.18 Å². The van der Waals surface area contributed by atoms with Crippen molar-refractivity contribution in [2.45, 2.75) is 26.1 Å². The van der Waals surface area contributed by atoms with Gasteiger partial charge in [0.1, 0.15) is 5.82 Å². The molecule has 0 aliphatic heterocycles.